The number of aliphatic hydroxyl groups excluding tert-OH is 3. The van der Waals surface area contributed by atoms with Gasteiger partial charge in [0.2, 0.25) is 0 Å². The maximum absolute atomic E-state index is 10.7. The molecule has 2 aromatic rings. The lowest BCUT2D eigenvalue weighted by Gasteiger charge is -2.37. The normalized spacial score (nSPS) is 11.4. The Labute approximate surface area is 250 Å². The highest BCUT2D eigenvalue weighted by molar-refractivity contribution is 6.02. The number of quaternary nitrogens is 1. The summed E-state index contributed by atoms with van der Waals surface area (Å²) in [7, 11) is 0. The van der Waals surface area contributed by atoms with E-state index in [9.17, 15) is 25.2 Å². The van der Waals surface area contributed by atoms with Gasteiger partial charge in [0, 0.05) is 5.56 Å². The van der Waals surface area contributed by atoms with Gasteiger partial charge in [-0.15, -0.1) is 0 Å². The molecule has 0 amide bonds. The quantitative estimate of drug-likeness (QED) is 0.102. The van der Waals surface area contributed by atoms with Crippen LogP contribution in [0.2, 0.25) is 0 Å². The number of hydrogen-bond acceptors (Lipinski definition) is 5. The molecular weight excluding hydrogens is 514 g/mol. The molecule has 2 aromatic carbocycles. The van der Waals surface area contributed by atoms with Crippen LogP contribution in [-0.2, 0) is 0 Å². The van der Waals surface area contributed by atoms with E-state index >= 15 is 0 Å². The highest BCUT2D eigenvalue weighted by atomic mass is 16.4. The smallest absolute Gasteiger partial charge is 0.102 e. The number of aliphatic hydroxyl groups is 3. The third kappa shape index (κ3) is 16.9. The van der Waals surface area contributed by atoms with Crippen molar-refractivity contribution in [2.24, 2.45) is 0 Å². The van der Waals surface area contributed by atoms with Crippen molar-refractivity contribution >= 4 is 16.7 Å². The zero-order valence-corrected chi connectivity index (χ0v) is 25.9. The van der Waals surface area contributed by atoms with Gasteiger partial charge < -0.3 is 29.7 Å². The molecule has 0 saturated heterocycles. The summed E-state index contributed by atoms with van der Waals surface area (Å²) in [5.74, 6) is -1.13. The Morgan fingerprint density at radius 1 is 0.585 bits per heavy atom. The highest BCUT2D eigenvalue weighted by Gasteiger charge is 2.25. The molecular formula is C35H59NO5. The van der Waals surface area contributed by atoms with Crippen LogP contribution in [0.5, 0.6) is 0 Å². The molecule has 0 aliphatic rings. The number of carboxylic acid groups (broad SMARTS) is 1. The number of aromatic carboxylic acids is 1. The van der Waals surface area contributed by atoms with Gasteiger partial charge in [-0.05, 0) is 23.6 Å². The van der Waals surface area contributed by atoms with E-state index < -0.39 is 5.97 Å². The number of unbranched alkanes of at least 4 members (excludes halogenated alkanes) is 15. The van der Waals surface area contributed by atoms with Gasteiger partial charge >= 0.3 is 0 Å². The molecule has 6 heteroatoms. The number of nitrogens with zero attached hydrogens (tertiary/aromatic N) is 1. The topological polar surface area (TPSA) is 101 Å². The van der Waals surface area contributed by atoms with Gasteiger partial charge in [0.25, 0.3) is 0 Å². The van der Waals surface area contributed by atoms with Crippen molar-refractivity contribution in [1.29, 1.82) is 0 Å². The molecule has 0 atom stereocenters. The standard InChI is InChI=1S/C24H52NO3.C11H8O2/c1-2-3-4-5-6-7-8-9-10-11-12-13-14-15-16-17-18-25(19-22-26,20-23-27)21-24-28;12-11(13)10-7-3-5-8-4-1-2-6-9(8)10/h26-28H,2-24H2,1H3;1-7H,(H,12,13)/q+1;/p-1. The maximum Gasteiger partial charge on any atom is 0.102 e. The third-order valence-electron chi connectivity index (χ3n) is 8.22. The van der Waals surface area contributed by atoms with Crippen molar-refractivity contribution in [1.82, 2.24) is 0 Å². The van der Waals surface area contributed by atoms with Gasteiger partial charge in [-0.25, -0.2) is 0 Å². The first kappa shape index (κ1) is 37.0. The van der Waals surface area contributed by atoms with Crippen LogP contribution in [0.1, 0.15) is 120 Å². The van der Waals surface area contributed by atoms with Crippen molar-refractivity contribution in [2.75, 3.05) is 46.0 Å². The summed E-state index contributed by atoms with van der Waals surface area (Å²) in [6.07, 6.45) is 21.9. The lowest BCUT2D eigenvalue weighted by Crippen LogP contribution is -2.53. The molecule has 0 unspecified atom stereocenters. The minimum Gasteiger partial charge on any atom is -0.545 e. The summed E-state index contributed by atoms with van der Waals surface area (Å²) in [5, 5.41) is 40.3. The minimum atomic E-state index is -1.13. The SMILES string of the molecule is CCCCCCCCCCCCCCCCCC[N+](CCO)(CCO)CCO.O=C([O-])c1cccc2ccccc12. The summed E-state index contributed by atoms with van der Waals surface area (Å²) < 4.78 is 0.655. The van der Waals surface area contributed by atoms with Crippen molar-refractivity contribution in [3.8, 4) is 0 Å². The third-order valence-corrected chi connectivity index (χ3v) is 8.22. The van der Waals surface area contributed by atoms with Crippen molar-refractivity contribution in [3.63, 3.8) is 0 Å². The first-order valence-corrected chi connectivity index (χ1v) is 16.4. The Bertz CT molecular complexity index is 881. The van der Waals surface area contributed by atoms with E-state index in [2.05, 4.69) is 6.92 Å². The summed E-state index contributed by atoms with van der Waals surface area (Å²) in [5.41, 5.74) is 0.248. The second kappa shape index (κ2) is 24.6. The number of carboxylic acids is 1. The zero-order valence-electron chi connectivity index (χ0n) is 25.9. The molecule has 3 N–H and O–H groups in total. The van der Waals surface area contributed by atoms with Crippen molar-refractivity contribution < 1.29 is 29.7 Å². The van der Waals surface area contributed by atoms with Crippen molar-refractivity contribution in [2.45, 2.75) is 110 Å². The fraction of sp³-hybridized carbons (Fsp3) is 0.686. The van der Waals surface area contributed by atoms with Crippen LogP contribution >= 0.6 is 0 Å². The Kier molecular flexibility index (Phi) is 22.2. The number of rotatable bonds is 24. The molecule has 6 nitrogen and oxygen atoms in total. The number of hydrogen-bond donors (Lipinski definition) is 3. The second-order valence-electron chi connectivity index (χ2n) is 11.5. The van der Waals surface area contributed by atoms with Gasteiger partial charge in [0.15, 0.2) is 0 Å². The fourth-order valence-electron chi connectivity index (χ4n) is 5.71. The fourth-order valence-corrected chi connectivity index (χ4v) is 5.71. The van der Waals surface area contributed by atoms with Crippen LogP contribution in [0.4, 0.5) is 0 Å². The number of fused-ring (bicyclic) bond motifs is 1. The Hall–Kier alpha value is -1.99. The molecule has 2 rings (SSSR count). The average Bonchev–Trinajstić information content (AvgIpc) is 2.97. The van der Waals surface area contributed by atoms with E-state index in [1.165, 1.54) is 96.3 Å². The molecule has 0 fully saturated rings. The lowest BCUT2D eigenvalue weighted by atomic mass is 10.0. The Morgan fingerprint density at radius 3 is 1.44 bits per heavy atom. The van der Waals surface area contributed by atoms with Crippen LogP contribution < -0.4 is 5.11 Å². The first-order chi connectivity index (χ1) is 20.0. The van der Waals surface area contributed by atoms with Crippen LogP contribution in [0.3, 0.4) is 0 Å². The number of carbonyl (C=O) groups is 1. The van der Waals surface area contributed by atoms with Crippen LogP contribution in [0.25, 0.3) is 10.8 Å². The van der Waals surface area contributed by atoms with Crippen LogP contribution in [0, 0.1) is 0 Å². The van der Waals surface area contributed by atoms with Crippen LogP contribution in [-0.4, -0.2) is 71.8 Å². The molecule has 0 heterocycles. The maximum atomic E-state index is 10.7. The zero-order chi connectivity index (χ0) is 30.0. The highest BCUT2D eigenvalue weighted by Crippen LogP contribution is 2.18. The minimum absolute atomic E-state index is 0.124. The van der Waals surface area contributed by atoms with Gasteiger partial charge in [-0.2, -0.15) is 0 Å². The molecule has 0 aliphatic carbocycles. The molecule has 0 bridgehead atoms. The van der Waals surface area contributed by atoms with E-state index in [4.69, 9.17) is 0 Å². The van der Waals surface area contributed by atoms with Gasteiger partial charge in [0.1, 0.15) is 19.6 Å². The number of carbonyl (C=O) groups excluding carboxylic acids is 1. The molecule has 0 radical (unpaired) electrons. The van der Waals surface area contributed by atoms with Gasteiger partial charge in [0.05, 0.1) is 32.3 Å². The van der Waals surface area contributed by atoms with E-state index in [1.807, 2.05) is 24.3 Å². The monoisotopic (exact) mass is 573 g/mol. The van der Waals surface area contributed by atoms with Gasteiger partial charge in [-0.3, -0.25) is 0 Å². The molecule has 234 valence electrons. The van der Waals surface area contributed by atoms with E-state index in [1.54, 1.807) is 18.2 Å². The predicted molar refractivity (Wildman–Crippen MR) is 169 cm³/mol. The summed E-state index contributed by atoms with van der Waals surface area (Å²) in [4.78, 5) is 10.7. The lowest BCUT2D eigenvalue weighted by molar-refractivity contribution is -0.929. The molecule has 41 heavy (non-hydrogen) atoms. The van der Waals surface area contributed by atoms with Crippen LogP contribution in [0.15, 0.2) is 42.5 Å². The Balaban J connectivity index is 0.000000528. The number of benzene rings is 2. The Morgan fingerprint density at radius 2 is 1.00 bits per heavy atom. The molecule has 0 saturated carbocycles. The predicted octanol–water partition coefficient (Wildman–Crippen LogP) is 6.24. The first-order valence-electron chi connectivity index (χ1n) is 16.4. The van der Waals surface area contributed by atoms with E-state index in [-0.39, 0.29) is 25.4 Å². The largest absolute Gasteiger partial charge is 0.545 e. The van der Waals surface area contributed by atoms with Gasteiger partial charge in [-0.1, -0.05) is 139 Å². The van der Waals surface area contributed by atoms with E-state index in [0.717, 1.165) is 23.7 Å². The summed E-state index contributed by atoms with van der Waals surface area (Å²) in [6.45, 7) is 5.53. The van der Waals surface area contributed by atoms with Crippen molar-refractivity contribution in [3.05, 3.63) is 48.0 Å². The van der Waals surface area contributed by atoms with E-state index in [0.29, 0.717) is 24.1 Å². The summed E-state index contributed by atoms with van der Waals surface area (Å²) in [6, 6.07) is 12.5. The average molecular weight is 574 g/mol. The molecule has 0 aromatic heterocycles. The molecule has 0 spiro atoms. The second-order valence-corrected chi connectivity index (χ2v) is 11.5. The molecule has 0 aliphatic heterocycles. The summed E-state index contributed by atoms with van der Waals surface area (Å²) >= 11 is 0.